The monoisotopic (exact) mass is 209 g/mol. The van der Waals surface area contributed by atoms with Crippen molar-refractivity contribution in [2.24, 2.45) is 11.7 Å². The molecule has 0 aromatic rings. The Morgan fingerprint density at radius 1 is 1.33 bits per heavy atom. The second kappa shape index (κ2) is 6.78. The molecular formula is C13H23NO. The molecule has 1 fully saturated rings. The second-order valence-electron chi connectivity index (χ2n) is 4.62. The molecule has 0 aromatic carbocycles. The summed E-state index contributed by atoms with van der Waals surface area (Å²) in [7, 11) is 0. The van der Waals surface area contributed by atoms with Crippen molar-refractivity contribution >= 4 is 5.78 Å². The lowest BCUT2D eigenvalue weighted by molar-refractivity contribution is -0.122. The van der Waals surface area contributed by atoms with E-state index >= 15 is 0 Å². The van der Waals surface area contributed by atoms with Crippen molar-refractivity contribution in [1.82, 2.24) is 0 Å². The molecule has 0 saturated heterocycles. The number of ketones is 1. The third-order valence-electron chi connectivity index (χ3n) is 3.26. The normalized spacial score (nSPS) is 25.4. The van der Waals surface area contributed by atoms with Crippen molar-refractivity contribution in [2.45, 2.75) is 57.4 Å². The predicted octanol–water partition coefficient (Wildman–Crippen LogP) is 2.82. The maximum absolute atomic E-state index is 11.7. The summed E-state index contributed by atoms with van der Waals surface area (Å²) < 4.78 is 0. The van der Waals surface area contributed by atoms with Gasteiger partial charge in [-0.3, -0.25) is 4.79 Å². The highest BCUT2D eigenvalue weighted by Gasteiger charge is 2.26. The summed E-state index contributed by atoms with van der Waals surface area (Å²) in [5.74, 6) is 0.723. The van der Waals surface area contributed by atoms with E-state index in [1.54, 1.807) is 0 Å². The highest BCUT2D eigenvalue weighted by molar-refractivity contribution is 5.81. The van der Waals surface area contributed by atoms with Crippen LogP contribution in [-0.2, 0) is 4.79 Å². The average molecular weight is 209 g/mol. The van der Waals surface area contributed by atoms with Gasteiger partial charge in [-0.15, -0.1) is 6.58 Å². The van der Waals surface area contributed by atoms with E-state index in [2.05, 4.69) is 6.58 Å². The molecule has 2 heteroatoms. The van der Waals surface area contributed by atoms with Crippen LogP contribution in [-0.4, -0.2) is 11.8 Å². The Bertz CT molecular complexity index is 213. The highest BCUT2D eigenvalue weighted by Crippen LogP contribution is 2.26. The summed E-state index contributed by atoms with van der Waals surface area (Å²) in [5.41, 5.74) is 5.79. The molecule has 1 saturated carbocycles. The van der Waals surface area contributed by atoms with Crippen LogP contribution in [0.3, 0.4) is 0 Å². The molecule has 2 unspecified atom stereocenters. The number of unbranched alkanes of at least 4 members (excludes halogenated alkanes) is 3. The Morgan fingerprint density at radius 2 is 2.13 bits per heavy atom. The van der Waals surface area contributed by atoms with E-state index in [1.807, 2.05) is 6.08 Å². The fourth-order valence-corrected chi connectivity index (χ4v) is 2.28. The topological polar surface area (TPSA) is 43.1 Å². The number of allylic oxidation sites excluding steroid dienone is 1. The van der Waals surface area contributed by atoms with E-state index in [0.29, 0.717) is 5.78 Å². The van der Waals surface area contributed by atoms with Crippen molar-refractivity contribution < 1.29 is 4.79 Å². The van der Waals surface area contributed by atoms with E-state index in [-0.39, 0.29) is 12.0 Å². The molecule has 0 bridgehead atoms. The van der Waals surface area contributed by atoms with Gasteiger partial charge in [-0.2, -0.15) is 0 Å². The first-order valence-electron chi connectivity index (χ1n) is 6.13. The number of hydrogen-bond acceptors (Lipinski definition) is 2. The van der Waals surface area contributed by atoms with E-state index < -0.39 is 0 Å². The Hall–Kier alpha value is -0.630. The van der Waals surface area contributed by atoms with Crippen LogP contribution in [0.15, 0.2) is 12.7 Å². The lowest BCUT2D eigenvalue weighted by atomic mass is 9.97. The molecule has 0 spiro atoms. The standard InChI is InChI=1S/C13H23NO/c1-2-3-4-5-6-7-13(15)11-8-9-12(14)10-11/h2,11-12H,1,3-10,14H2. The van der Waals surface area contributed by atoms with Gasteiger partial charge in [0.2, 0.25) is 0 Å². The van der Waals surface area contributed by atoms with Crippen molar-refractivity contribution in [3.63, 3.8) is 0 Å². The minimum atomic E-state index is 0.277. The number of Topliss-reactive ketones (excluding diaryl/α,β-unsaturated/α-hetero) is 1. The molecule has 2 nitrogen and oxygen atoms in total. The fraction of sp³-hybridized carbons (Fsp3) is 0.769. The molecule has 2 atom stereocenters. The average Bonchev–Trinajstić information content (AvgIpc) is 2.64. The van der Waals surface area contributed by atoms with Crippen LogP contribution in [0.5, 0.6) is 0 Å². The lowest BCUT2D eigenvalue weighted by Crippen LogP contribution is -2.17. The van der Waals surface area contributed by atoms with Gasteiger partial charge in [-0.25, -0.2) is 0 Å². The van der Waals surface area contributed by atoms with Gasteiger partial charge < -0.3 is 5.73 Å². The summed E-state index contributed by atoms with van der Waals surface area (Å²) >= 11 is 0. The van der Waals surface area contributed by atoms with E-state index in [4.69, 9.17) is 5.73 Å². The first-order chi connectivity index (χ1) is 7.24. The van der Waals surface area contributed by atoms with Crippen molar-refractivity contribution in [2.75, 3.05) is 0 Å². The third kappa shape index (κ3) is 4.61. The molecule has 1 aliphatic rings. The smallest absolute Gasteiger partial charge is 0.136 e. The van der Waals surface area contributed by atoms with Gasteiger partial charge in [0.15, 0.2) is 0 Å². The lowest BCUT2D eigenvalue weighted by Gasteiger charge is -2.07. The Kier molecular flexibility index (Phi) is 5.62. The van der Waals surface area contributed by atoms with Gasteiger partial charge in [0.1, 0.15) is 5.78 Å². The van der Waals surface area contributed by atoms with Crippen LogP contribution in [0, 0.1) is 5.92 Å². The Morgan fingerprint density at radius 3 is 2.73 bits per heavy atom. The molecule has 1 aliphatic carbocycles. The molecule has 0 aliphatic heterocycles. The minimum absolute atomic E-state index is 0.277. The van der Waals surface area contributed by atoms with Crippen LogP contribution in [0.1, 0.15) is 51.4 Å². The second-order valence-corrected chi connectivity index (χ2v) is 4.62. The Labute approximate surface area is 92.9 Å². The molecule has 0 aromatic heterocycles. The van der Waals surface area contributed by atoms with Crippen LogP contribution < -0.4 is 5.73 Å². The summed E-state index contributed by atoms with van der Waals surface area (Å²) in [6.07, 6.45) is 10.1. The largest absolute Gasteiger partial charge is 0.328 e. The van der Waals surface area contributed by atoms with Gasteiger partial charge in [0.25, 0.3) is 0 Å². The van der Waals surface area contributed by atoms with Gasteiger partial charge in [0, 0.05) is 18.4 Å². The molecule has 1 rings (SSSR count). The van der Waals surface area contributed by atoms with Crippen molar-refractivity contribution in [3.05, 3.63) is 12.7 Å². The molecule has 0 amide bonds. The van der Waals surface area contributed by atoms with Gasteiger partial charge in [0.05, 0.1) is 0 Å². The van der Waals surface area contributed by atoms with Crippen LogP contribution in [0.25, 0.3) is 0 Å². The predicted molar refractivity (Wildman–Crippen MR) is 63.6 cm³/mol. The summed E-state index contributed by atoms with van der Waals surface area (Å²) in [6, 6.07) is 0.278. The molecule has 0 radical (unpaired) electrons. The van der Waals surface area contributed by atoms with Crippen LogP contribution >= 0.6 is 0 Å². The number of rotatable bonds is 7. The fourth-order valence-electron chi connectivity index (χ4n) is 2.28. The zero-order chi connectivity index (χ0) is 11.1. The maximum atomic E-state index is 11.7. The quantitative estimate of drug-likeness (QED) is 0.517. The number of carbonyl (C=O) groups excluding carboxylic acids is 1. The molecule has 0 heterocycles. The number of nitrogens with two attached hydrogens (primary N) is 1. The summed E-state index contributed by atoms with van der Waals surface area (Å²) in [4.78, 5) is 11.7. The molecular weight excluding hydrogens is 186 g/mol. The first kappa shape index (κ1) is 12.4. The van der Waals surface area contributed by atoms with E-state index in [1.165, 1.54) is 6.42 Å². The van der Waals surface area contributed by atoms with Crippen molar-refractivity contribution in [3.8, 4) is 0 Å². The summed E-state index contributed by atoms with van der Waals surface area (Å²) in [6.45, 7) is 3.68. The minimum Gasteiger partial charge on any atom is -0.328 e. The molecule has 15 heavy (non-hydrogen) atoms. The van der Waals surface area contributed by atoms with Crippen molar-refractivity contribution in [1.29, 1.82) is 0 Å². The van der Waals surface area contributed by atoms with Gasteiger partial charge in [-0.1, -0.05) is 12.5 Å². The third-order valence-corrected chi connectivity index (χ3v) is 3.26. The molecule has 2 N–H and O–H groups in total. The maximum Gasteiger partial charge on any atom is 0.136 e. The van der Waals surface area contributed by atoms with Gasteiger partial charge in [-0.05, 0) is 38.5 Å². The van der Waals surface area contributed by atoms with Crippen LogP contribution in [0.4, 0.5) is 0 Å². The SMILES string of the molecule is C=CCCCCCC(=O)C1CCC(N)C1. The number of hydrogen-bond donors (Lipinski definition) is 1. The summed E-state index contributed by atoms with van der Waals surface area (Å²) in [5, 5.41) is 0. The highest BCUT2D eigenvalue weighted by atomic mass is 16.1. The zero-order valence-corrected chi connectivity index (χ0v) is 9.58. The Balaban J connectivity index is 2.05. The number of carbonyl (C=O) groups is 1. The van der Waals surface area contributed by atoms with Gasteiger partial charge >= 0.3 is 0 Å². The zero-order valence-electron chi connectivity index (χ0n) is 9.58. The van der Waals surface area contributed by atoms with Crippen LogP contribution in [0.2, 0.25) is 0 Å². The molecule has 86 valence electrons. The van der Waals surface area contributed by atoms with E-state index in [9.17, 15) is 4.79 Å². The first-order valence-corrected chi connectivity index (χ1v) is 6.13. The van der Waals surface area contributed by atoms with E-state index in [0.717, 1.165) is 44.9 Å².